The molecular formula is C15H19F3N2O2. The first kappa shape index (κ1) is 15.4. The fourth-order valence-electron chi connectivity index (χ4n) is 3.11. The summed E-state index contributed by atoms with van der Waals surface area (Å²) in [6.07, 6.45) is -2.73. The van der Waals surface area contributed by atoms with E-state index in [1.54, 1.807) is 6.07 Å². The van der Waals surface area contributed by atoms with Crippen LogP contribution in [0.4, 0.5) is 13.2 Å². The Morgan fingerprint density at radius 1 is 1.23 bits per heavy atom. The molecule has 1 aromatic carbocycles. The lowest BCUT2D eigenvalue weighted by Crippen LogP contribution is -2.45. The van der Waals surface area contributed by atoms with E-state index in [1.165, 1.54) is 6.07 Å². The number of nitrogens with one attached hydrogen (secondary N) is 1. The van der Waals surface area contributed by atoms with E-state index < -0.39 is 17.9 Å². The average Bonchev–Trinajstić information content (AvgIpc) is 3.28. The molecule has 122 valence electrons. The van der Waals surface area contributed by atoms with Gasteiger partial charge in [0.25, 0.3) is 0 Å². The highest BCUT2D eigenvalue weighted by Gasteiger charge is 2.39. The molecule has 1 saturated carbocycles. The van der Waals surface area contributed by atoms with Crippen LogP contribution in [0.5, 0.6) is 11.5 Å². The number of alkyl halides is 3. The maximum Gasteiger partial charge on any atom is 0.573 e. The Kier molecular flexibility index (Phi) is 4.18. The summed E-state index contributed by atoms with van der Waals surface area (Å²) >= 11 is 0. The van der Waals surface area contributed by atoms with Gasteiger partial charge in [-0.2, -0.15) is 0 Å². The van der Waals surface area contributed by atoms with E-state index in [-0.39, 0.29) is 6.04 Å². The van der Waals surface area contributed by atoms with Crippen LogP contribution in [0.3, 0.4) is 0 Å². The van der Waals surface area contributed by atoms with Crippen LogP contribution in [-0.4, -0.2) is 42.5 Å². The van der Waals surface area contributed by atoms with E-state index in [0.29, 0.717) is 11.5 Å². The second kappa shape index (κ2) is 5.96. The third-order valence-electron chi connectivity index (χ3n) is 4.19. The smallest absolute Gasteiger partial charge is 0.504 e. The number of phenolic OH excluding ortho intramolecular Hbond substituents is 1. The second-order valence-electron chi connectivity index (χ2n) is 5.81. The summed E-state index contributed by atoms with van der Waals surface area (Å²) in [7, 11) is 0. The molecule has 1 saturated heterocycles. The second-order valence-corrected chi connectivity index (χ2v) is 5.81. The van der Waals surface area contributed by atoms with Gasteiger partial charge in [0.05, 0.1) is 0 Å². The third-order valence-corrected chi connectivity index (χ3v) is 4.19. The highest BCUT2D eigenvalue weighted by atomic mass is 19.4. The summed E-state index contributed by atoms with van der Waals surface area (Å²) in [6, 6.07) is 4.31. The highest BCUT2D eigenvalue weighted by molar-refractivity contribution is 5.47. The van der Waals surface area contributed by atoms with Gasteiger partial charge in [0, 0.05) is 37.8 Å². The van der Waals surface area contributed by atoms with Gasteiger partial charge in [-0.3, -0.25) is 4.90 Å². The van der Waals surface area contributed by atoms with Gasteiger partial charge >= 0.3 is 6.36 Å². The molecule has 7 heteroatoms. The van der Waals surface area contributed by atoms with Gasteiger partial charge in [0.15, 0.2) is 11.5 Å². The van der Waals surface area contributed by atoms with Crippen LogP contribution in [0.15, 0.2) is 18.2 Å². The molecule has 3 rings (SSSR count). The molecule has 1 aromatic rings. The zero-order valence-electron chi connectivity index (χ0n) is 12.1. The van der Waals surface area contributed by atoms with Gasteiger partial charge in [-0.15, -0.1) is 13.2 Å². The first-order chi connectivity index (χ1) is 10.5. The van der Waals surface area contributed by atoms with Crippen molar-refractivity contribution in [2.45, 2.75) is 25.2 Å². The molecule has 1 aliphatic heterocycles. The molecule has 22 heavy (non-hydrogen) atoms. The summed E-state index contributed by atoms with van der Waals surface area (Å²) in [5.41, 5.74) is 0.533. The van der Waals surface area contributed by atoms with E-state index in [9.17, 15) is 18.3 Å². The van der Waals surface area contributed by atoms with Crippen LogP contribution in [0.25, 0.3) is 0 Å². The van der Waals surface area contributed by atoms with Crippen molar-refractivity contribution in [3.05, 3.63) is 23.8 Å². The van der Waals surface area contributed by atoms with Crippen molar-refractivity contribution >= 4 is 0 Å². The normalized spacial score (nSPS) is 21.6. The number of benzene rings is 1. The summed E-state index contributed by atoms with van der Waals surface area (Å²) in [6.45, 7) is 3.35. The van der Waals surface area contributed by atoms with Gasteiger partial charge < -0.3 is 15.2 Å². The number of piperazine rings is 1. The van der Waals surface area contributed by atoms with Crippen LogP contribution in [0.2, 0.25) is 0 Å². The minimum absolute atomic E-state index is 0.0427. The summed E-state index contributed by atoms with van der Waals surface area (Å²) in [5.74, 6) is -0.522. The van der Waals surface area contributed by atoms with E-state index in [4.69, 9.17) is 0 Å². The number of halogens is 3. The van der Waals surface area contributed by atoms with Gasteiger partial charge in [-0.1, -0.05) is 12.1 Å². The van der Waals surface area contributed by atoms with Crippen LogP contribution in [-0.2, 0) is 0 Å². The average molecular weight is 316 g/mol. The van der Waals surface area contributed by atoms with Crippen LogP contribution < -0.4 is 10.1 Å². The zero-order chi connectivity index (χ0) is 15.7. The van der Waals surface area contributed by atoms with E-state index in [2.05, 4.69) is 15.0 Å². The number of nitrogens with zero attached hydrogens (tertiary/aromatic N) is 1. The predicted octanol–water partition coefficient (Wildman–Crippen LogP) is 2.65. The van der Waals surface area contributed by atoms with Crippen molar-refractivity contribution in [3.8, 4) is 11.5 Å². The first-order valence-corrected chi connectivity index (χ1v) is 7.48. The number of phenols is 1. The molecule has 2 N–H and O–H groups in total. The topological polar surface area (TPSA) is 44.7 Å². The molecular weight excluding hydrogens is 297 g/mol. The van der Waals surface area contributed by atoms with Gasteiger partial charge in [0.1, 0.15) is 0 Å². The molecule has 0 radical (unpaired) electrons. The summed E-state index contributed by atoms with van der Waals surface area (Å²) < 4.78 is 41.2. The number of hydrogen-bond donors (Lipinski definition) is 2. The van der Waals surface area contributed by atoms with Gasteiger partial charge in [-0.05, 0) is 24.8 Å². The predicted molar refractivity (Wildman–Crippen MR) is 74.7 cm³/mol. The largest absolute Gasteiger partial charge is 0.573 e. The lowest BCUT2D eigenvalue weighted by molar-refractivity contribution is -0.275. The number of hydrogen-bond acceptors (Lipinski definition) is 4. The minimum Gasteiger partial charge on any atom is -0.504 e. The molecule has 1 atom stereocenters. The monoisotopic (exact) mass is 316 g/mol. The maximum atomic E-state index is 12.4. The number of rotatable bonds is 4. The minimum atomic E-state index is -4.81. The standard InChI is InChI=1S/C15H19F3N2O2/c16-15(17,18)22-12-3-1-2-11(14(12)21)13(10-4-5-10)20-8-6-19-7-9-20/h1-3,10,13,19,21H,4-9H2/t13-/m1/s1. The molecule has 0 unspecified atom stereocenters. The lowest BCUT2D eigenvalue weighted by Gasteiger charge is -2.36. The van der Waals surface area contributed by atoms with Crippen molar-refractivity contribution in [1.82, 2.24) is 10.2 Å². The van der Waals surface area contributed by atoms with E-state index in [0.717, 1.165) is 45.1 Å². The molecule has 1 heterocycles. The molecule has 1 aliphatic carbocycles. The Bertz CT molecular complexity index is 526. The molecule has 0 amide bonds. The fourth-order valence-corrected chi connectivity index (χ4v) is 3.11. The molecule has 0 bridgehead atoms. The summed E-state index contributed by atoms with van der Waals surface area (Å²) in [4.78, 5) is 2.24. The van der Waals surface area contributed by atoms with E-state index >= 15 is 0 Å². The SMILES string of the molecule is Oc1c(OC(F)(F)F)cccc1[C@@H](C1CC1)N1CCNCC1. The lowest BCUT2D eigenvalue weighted by atomic mass is 9.98. The highest BCUT2D eigenvalue weighted by Crippen LogP contribution is 2.49. The van der Waals surface area contributed by atoms with Crippen molar-refractivity contribution in [3.63, 3.8) is 0 Å². The van der Waals surface area contributed by atoms with Crippen molar-refractivity contribution in [2.75, 3.05) is 26.2 Å². The Labute approximate surface area is 126 Å². The molecule has 4 nitrogen and oxygen atoms in total. The fraction of sp³-hybridized carbons (Fsp3) is 0.600. The van der Waals surface area contributed by atoms with Crippen molar-refractivity contribution < 1.29 is 23.0 Å². The van der Waals surface area contributed by atoms with Crippen molar-refractivity contribution in [1.29, 1.82) is 0 Å². The van der Waals surface area contributed by atoms with E-state index in [1.807, 2.05) is 0 Å². The Morgan fingerprint density at radius 3 is 2.50 bits per heavy atom. The van der Waals surface area contributed by atoms with Gasteiger partial charge in [0.2, 0.25) is 0 Å². The summed E-state index contributed by atoms with van der Waals surface area (Å²) in [5, 5.41) is 13.5. The Morgan fingerprint density at radius 2 is 1.91 bits per heavy atom. The maximum absolute atomic E-state index is 12.4. The number of ether oxygens (including phenoxy) is 1. The quantitative estimate of drug-likeness (QED) is 0.896. The van der Waals surface area contributed by atoms with Crippen LogP contribution in [0.1, 0.15) is 24.4 Å². The molecule has 0 aromatic heterocycles. The number of para-hydroxylation sites is 1. The van der Waals surface area contributed by atoms with Crippen LogP contribution in [0, 0.1) is 5.92 Å². The molecule has 2 fully saturated rings. The molecule has 0 spiro atoms. The first-order valence-electron chi connectivity index (χ1n) is 7.48. The van der Waals surface area contributed by atoms with Crippen LogP contribution >= 0.6 is 0 Å². The Balaban J connectivity index is 1.89. The van der Waals surface area contributed by atoms with Crippen molar-refractivity contribution in [2.24, 2.45) is 5.92 Å². The Hall–Kier alpha value is -1.47. The van der Waals surface area contributed by atoms with Gasteiger partial charge in [-0.25, -0.2) is 0 Å². The molecule has 2 aliphatic rings. The number of aromatic hydroxyl groups is 1. The zero-order valence-corrected chi connectivity index (χ0v) is 12.1. The third kappa shape index (κ3) is 3.47.